The standard InChI is InChI=1S/C11H18O4/c1-14-10(12)5-3-8-7-9(8)4-6-11(13)15-2/h8-9H,3-7H2,1-2H3/t8-,9-/m1/s1. The number of ether oxygens (including phenoxy) is 2. The molecule has 1 aliphatic carbocycles. The van der Waals surface area contributed by atoms with E-state index in [1.807, 2.05) is 0 Å². The summed E-state index contributed by atoms with van der Waals surface area (Å²) in [5.41, 5.74) is 0. The van der Waals surface area contributed by atoms with Crippen LogP contribution < -0.4 is 0 Å². The second kappa shape index (κ2) is 5.73. The van der Waals surface area contributed by atoms with Crippen molar-refractivity contribution in [1.29, 1.82) is 0 Å². The molecule has 0 radical (unpaired) electrons. The summed E-state index contributed by atoms with van der Waals surface area (Å²) in [6.07, 6.45) is 3.90. The average Bonchev–Trinajstić information content (AvgIpc) is 3.01. The molecule has 2 atom stereocenters. The van der Waals surface area contributed by atoms with E-state index in [2.05, 4.69) is 9.47 Å². The van der Waals surface area contributed by atoms with Crippen LogP contribution in [-0.4, -0.2) is 26.2 Å². The topological polar surface area (TPSA) is 52.6 Å². The van der Waals surface area contributed by atoms with Crippen LogP contribution in [0.15, 0.2) is 0 Å². The highest BCUT2D eigenvalue weighted by molar-refractivity contribution is 5.69. The van der Waals surface area contributed by atoms with Gasteiger partial charge < -0.3 is 9.47 Å². The molecule has 4 heteroatoms. The SMILES string of the molecule is COC(=O)CC[C@@H]1C[C@H]1CCC(=O)OC. The highest BCUT2D eigenvalue weighted by Gasteiger charge is 2.36. The van der Waals surface area contributed by atoms with Gasteiger partial charge in [-0.3, -0.25) is 9.59 Å². The summed E-state index contributed by atoms with van der Waals surface area (Å²) in [7, 11) is 2.81. The maximum atomic E-state index is 10.9. The third kappa shape index (κ3) is 4.32. The Bertz CT molecular complexity index is 213. The predicted molar refractivity (Wildman–Crippen MR) is 54.1 cm³/mol. The molecule has 1 fully saturated rings. The zero-order valence-corrected chi connectivity index (χ0v) is 9.32. The minimum Gasteiger partial charge on any atom is -0.469 e. The molecule has 0 unspecified atom stereocenters. The molecule has 4 nitrogen and oxygen atoms in total. The quantitative estimate of drug-likeness (QED) is 0.629. The van der Waals surface area contributed by atoms with Gasteiger partial charge in [-0.1, -0.05) is 0 Å². The molecule has 86 valence electrons. The normalized spacial score (nSPS) is 23.3. The van der Waals surface area contributed by atoms with Crippen LogP contribution in [0.3, 0.4) is 0 Å². The lowest BCUT2D eigenvalue weighted by atomic mass is 10.1. The Morgan fingerprint density at radius 2 is 1.40 bits per heavy atom. The Labute approximate surface area is 89.9 Å². The first-order valence-electron chi connectivity index (χ1n) is 5.31. The third-order valence-corrected chi connectivity index (χ3v) is 2.96. The summed E-state index contributed by atoms with van der Waals surface area (Å²) in [6.45, 7) is 0. The first kappa shape index (κ1) is 12.0. The van der Waals surface area contributed by atoms with Crippen molar-refractivity contribution in [2.24, 2.45) is 11.8 Å². The van der Waals surface area contributed by atoms with E-state index >= 15 is 0 Å². The first-order valence-corrected chi connectivity index (χ1v) is 5.31. The van der Waals surface area contributed by atoms with Crippen molar-refractivity contribution in [3.63, 3.8) is 0 Å². The van der Waals surface area contributed by atoms with Crippen LogP contribution in [0.2, 0.25) is 0 Å². The van der Waals surface area contributed by atoms with E-state index in [1.54, 1.807) is 0 Å². The fourth-order valence-corrected chi connectivity index (χ4v) is 1.83. The van der Waals surface area contributed by atoms with Gasteiger partial charge in [-0.2, -0.15) is 0 Å². The summed E-state index contributed by atoms with van der Waals surface area (Å²) in [4.78, 5) is 21.7. The second-order valence-electron chi connectivity index (χ2n) is 3.99. The van der Waals surface area contributed by atoms with Gasteiger partial charge in [0.2, 0.25) is 0 Å². The zero-order chi connectivity index (χ0) is 11.3. The molecule has 0 N–H and O–H groups in total. The summed E-state index contributed by atoms with van der Waals surface area (Å²) < 4.78 is 9.13. The van der Waals surface area contributed by atoms with Gasteiger partial charge in [0.05, 0.1) is 14.2 Å². The van der Waals surface area contributed by atoms with Crippen LogP contribution in [0, 0.1) is 11.8 Å². The van der Waals surface area contributed by atoms with E-state index in [1.165, 1.54) is 14.2 Å². The van der Waals surface area contributed by atoms with E-state index in [4.69, 9.17) is 0 Å². The predicted octanol–water partition coefficient (Wildman–Crippen LogP) is 1.53. The molecule has 0 aromatic heterocycles. The molecule has 1 saturated carbocycles. The lowest BCUT2D eigenvalue weighted by Gasteiger charge is -1.99. The number of carbonyl (C=O) groups is 2. The largest absolute Gasteiger partial charge is 0.469 e. The molecule has 0 amide bonds. The molecule has 0 bridgehead atoms. The van der Waals surface area contributed by atoms with Crippen molar-refractivity contribution in [2.45, 2.75) is 32.1 Å². The fraction of sp³-hybridized carbons (Fsp3) is 0.818. The Morgan fingerprint density at radius 3 is 1.73 bits per heavy atom. The molecule has 0 spiro atoms. The Hall–Kier alpha value is -1.06. The van der Waals surface area contributed by atoms with Crippen LogP contribution in [0.25, 0.3) is 0 Å². The van der Waals surface area contributed by atoms with Crippen LogP contribution in [-0.2, 0) is 19.1 Å². The molecule has 0 aliphatic heterocycles. The molecule has 0 aromatic carbocycles. The van der Waals surface area contributed by atoms with Crippen LogP contribution in [0.4, 0.5) is 0 Å². The van der Waals surface area contributed by atoms with E-state index in [9.17, 15) is 9.59 Å². The molecule has 0 heterocycles. The highest BCUT2D eigenvalue weighted by atomic mass is 16.5. The summed E-state index contributed by atoms with van der Waals surface area (Å²) in [5, 5.41) is 0. The van der Waals surface area contributed by atoms with Crippen molar-refractivity contribution < 1.29 is 19.1 Å². The maximum absolute atomic E-state index is 10.9. The number of methoxy groups -OCH3 is 2. The van der Waals surface area contributed by atoms with Gasteiger partial charge in [-0.25, -0.2) is 0 Å². The summed E-state index contributed by atoms with van der Waals surface area (Å²) in [6, 6.07) is 0. The monoisotopic (exact) mass is 214 g/mol. The van der Waals surface area contributed by atoms with Crippen LogP contribution in [0.5, 0.6) is 0 Å². The van der Waals surface area contributed by atoms with E-state index in [-0.39, 0.29) is 11.9 Å². The smallest absolute Gasteiger partial charge is 0.305 e. The number of esters is 2. The first-order chi connectivity index (χ1) is 7.17. The molecule has 0 aromatic rings. The highest BCUT2D eigenvalue weighted by Crippen LogP contribution is 2.45. The molecule has 15 heavy (non-hydrogen) atoms. The summed E-state index contributed by atoms with van der Waals surface area (Å²) >= 11 is 0. The molecular weight excluding hydrogens is 196 g/mol. The van der Waals surface area contributed by atoms with Gasteiger partial charge in [0, 0.05) is 12.8 Å². The van der Waals surface area contributed by atoms with Gasteiger partial charge in [-0.15, -0.1) is 0 Å². The lowest BCUT2D eigenvalue weighted by Crippen LogP contribution is -2.02. The fourth-order valence-electron chi connectivity index (χ4n) is 1.83. The van der Waals surface area contributed by atoms with Crippen molar-refractivity contribution in [3.05, 3.63) is 0 Å². The van der Waals surface area contributed by atoms with E-state index in [0.29, 0.717) is 24.7 Å². The van der Waals surface area contributed by atoms with Crippen molar-refractivity contribution in [3.8, 4) is 0 Å². The number of carbonyl (C=O) groups excluding carboxylic acids is 2. The molecule has 1 rings (SSSR count). The van der Waals surface area contributed by atoms with E-state index < -0.39 is 0 Å². The second-order valence-corrected chi connectivity index (χ2v) is 3.99. The van der Waals surface area contributed by atoms with Crippen molar-refractivity contribution in [1.82, 2.24) is 0 Å². The zero-order valence-electron chi connectivity index (χ0n) is 9.32. The minimum absolute atomic E-state index is 0.145. The van der Waals surface area contributed by atoms with Gasteiger partial charge in [0.1, 0.15) is 0 Å². The maximum Gasteiger partial charge on any atom is 0.305 e. The molecule has 1 aliphatic rings. The Morgan fingerprint density at radius 1 is 1.00 bits per heavy atom. The van der Waals surface area contributed by atoms with Crippen molar-refractivity contribution in [2.75, 3.05) is 14.2 Å². The van der Waals surface area contributed by atoms with Crippen LogP contribution in [0.1, 0.15) is 32.1 Å². The van der Waals surface area contributed by atoms with Gasteiger partial charge in [0.25, 0.3) is 0 Å². The van der Waals surface area contributed by atoms with Gasteiger partial charge >= 0.3 is 11.9 Å². The minimum atomic E-state index is -0.145. The average molecular weight is 214 g/mol. The van der Waals surface area contributed by atoms with E-state index in [0.717, 1.165) is 19.3 Å². The Kier molecular flexibility index (Phi) is 4.59. The summed E-state index contributed by atoms with van der Waals surface area (Å²) in [5.74, 6) is 0.921. The molecule has 0 saturated heterocycles. The van der Waals surface area contributed by atoms with Gasteiger partial charge in [-0.05, 0) is 31.1 Å². The number of rotatable bonds is 6. The van der Waals surface area contributed by atoms with Gasteiger partial charge in [0.15, 0.2) is 0 Å². The lowest BCUT2D eigenvalue weighted by molar-refractivity contribution is -0.141. The van der Waals surface area contributed by atoms with Crippen LogP contribution >= 0.6 is 0 Å². The number of hydrogen-bond donors (Lipinski definition) is 0. The molecular formula is C11H18O4. The Balaban J connectivity index is 2.03. The number of hydrogen-bond acceptors (Lipinski definition) is 4. The van der Waals surface area contributed by atoms with Crippen molar-refractivity contribution >= 4 is 11.9 Å². The third-order valence-electron chi connectivity index (χ3n) is 2.96.